The Labute approximate surface area is 227 Å². The lowest BCUT2D eigenvalue weighted by molar-refractivity contribution is 0.426. The maximum atomic E-state index is 14.0. The fourth-order valence-electron chi connectivity index (χ4n) is 4.26. The molecule has 0 spiro atoms. The minimum atomic E-state index is -3.56. The quantitative estimate of drug-likeness (QED) is 0.258. The van der Waals surface area contributed by atoms with Crippen molar-refractivity contribution < 1.29 is 22.1 Å². The molecule has 3 aromatic heterocycles. The number of aromatic nitrogens is 3. The van der Waals surface area contributed by atoms with E-state index in [1.54, 1.807) is 65.2 Å². The molecule has 3 heterocycles. The van der Waals surface area contributed by atoms with Gasteiger partial charge in [-0.05, 0) is 75.2 Å². The van der Waals surface area contributed by atoms with Gasteiger partial charge in [0.25, 0.3) is 11.4 Å². The number of nitrogens with zero attached hydrogens (tertiary/aromatic N) is 3. The number of thiophene rings is 1. The van der Waals surface area contributed by atoms with Crippen LogP contribution in [0.4, 0.5) is 10.1 Å². The Bertz CT molecular complexity index is 1880. The number of halogens is 1. The third-order valence-corrected chi connectivity index (χ3v) is 8.61. The molecule has 0 fully saturated rings. The van der Waals surface area contributed by atoms with Crippen LogP contribution in [0.3, 0.4) is 0 Å². The van der Waals surface area contributed by atoms with Gasteiger partial charge < -0.3 is 13.8 Å². The van der Waals surface area contributed by atoms with E-state index in [1.165, 1.54) is 28.0 Å². The molecule has 9 nitrogen and oxygen atoms in total. The van der Waals surface area contributed by atoms with Gasteiger partial charge in [-0.3, -0.25) is 9.52 Å². The van der Waals surface area contributed by atoms with Crippen LogP contribution in [0.25, 0.3) is 32.0 Å². The third-order valence-electron chi connectivity index (χ3n) is 6.15. The van der Waals surface area contributed by atoms with E-state index < -0.39 is 10.0 Å². The summed E-state index contributed by atoms with van der Waals surface area (Å²) in [7, 11) is -1.92. The lowest BCUT2D eigenvalue weighted by atomic mass is 10.0. The van der Waals surface area contributed by atoms with Gasteiger partial charge in [0.05, 0.1) is 20.7 Å². The molecule has 0 saturated carbocycles. The molecule has 39 heavy (non-hydrogen) atoms. The standard InChI is InChI=1S/C27H25FN4O5S2/c1-6-39(34,35)31-18-7-8-22(36-24-14(2)9-17(28)10-15(24)3)19(11-18)21-13-32(5)27(33)20-12-23(38-25(20)21)26-29-16(4)30-37-26/h7-13,31H,6H2,1-5H3. The number of ether oxygens (including phenoxy) is 1. The van der Waals surface area contributed by atoms with Gasteiger partial charge in [-0.15, -0.1) is 11.3 Å². The second-order valence-corrected chi connectivity index (χ2v) is 12.2. The SMILES string of the molecule is CCS(=O)(=O)Nc1ccc(Oc2c(C)cc(F)cc2C)c(-c2cn(C)c(=O)c3cc(-c4nc(C)no4)sc23)c1. The maximum absolute atomic E-state index is 14.0. The Morgan fingerprint density at radius 3 is 2.46 bits per heavy atom. The summed E-state index contributed by atoms with van der Waals surface area (Å²) in [6, 6.07) is 9.38. The van der Waals surface area contributed by atoms with Crippen LogP contribution in [0.1, 0.15) is 23.9 Å². The van der Waals surface area contributed by atoms with Crippen LogP contribution in [0, 0.1) is 26.6 Å². The van der Waals surface area contributed by atoms with Gasteiger partial charge in [0.15, 0.2) is 5.82 Å². The average Bonchev–Trinajstić information content (AvgIpc) is 3.51. The second kappa shape index (κ2) is 9.93. The lowest BCUT2D eigenvalue weighted by Gasteiger charge is -2.18. The maximum Gasteiger partial charge on any atom is 0.268 e. The molecular formula is C27H25FN4O5S2. The smallest absolute Gasteiger partial charge is 0.268 e. The first-order chi connectivity index (χ1) is 18.5. The predicted molar refractivity (Wildman–Crippen MR) is 150 cm³/mol. The summed E-state index contributed by atoms with van der Waals surface area (Å²) in [6.45, 7) is 6.74. The van der Waals surface area contributed by atoms with Crippen molar-refractivity contribution >= 4 is 37.1 Å². The van der Waals surface area contributed by atoms with Crippen LogP contribution in [-0.2, 0) is 17.1 Å². The largest absolute Gasteiger partial charge is 0.456 e. The number of hydrogen-bond donors (Lipinski definition) is 1. The number of nitrogens with one attached hydrogen (secondary N) is 1. The first-order valence-corrected chi connectivity index (χ1v) is 14.5. The van der Waals surface area contributed by atoms with Crippen LogP contribution >= 0.6 is 11.3 Å². The van der Waals surface area contributed by atoms with Gasteiger partial charge >= 0.3 is 0 Å². The van der Waals surface area contributed by atoms with Crippen molar-refractivity contribution in [2.75, 3.05) is 10.5 Å². The van der Waals surface area contributed by atoms with E-state index in [0.717, 1.165) is 0 Å². The summed E-state index contributed by atoms with van der Waals surface area (Å²) in [4.78, 5) is 18.0. The summed E-state index contributed by atoms with van der Waals surface area (Å²) in [5.41, 5.74) is 2.48. The number of pyridine rings is 1. The van der Waals surface area contributed by atoms with E-state index in [2.05, 4.69) is 14.9 Å². The molecule has 0 amide bonds. The highest BCUT2D eigenvalue weighted by atomic mass is 32.2. The zero-order chi connectivity index (χ0) is 28.1. The molecule has 5 aromatic rings. The van der Waals surface area contributed by atoms with E-state index in [4.69, 9.17) is 9.26 Å². The highest BCUT2D eigenvalue weighted by Gasteiger charge is 2.21. The highest BCUT2D eigenvalue weighted by Crippen LogP contribution is 2.43. The Morgan fingerprint density at radius 2 is 1.82 bits per heavy atom. The van der Waals surface area contributed by atoms with Crippen molar-refractivity contribution in [3.05, 3.63) is 75.7 Å². The van der Waals surface area contributed by atoms with E-state index in [1.807, 2.05) is 0 Å². The second-order valence-electron chi connectivity index (χ2n) is 9.15. The van der Waals surface area contributed by atoms with Crippen molar-refractivity contribution in [1.82, 2.24) is 14.7 Å². The van der Waals surface area contributed by atoms with E-state index in [-0.39, 0.29) is 17.1 Å². The molecule has 0 aliphatic rings. The Balaban J connectivity index is 1.76. The number of anilines is 1. The lowest BCUT2D eigenvalue weighted by Crippen LogP contribution is -2.16. The van der Waals surface area contributed by atoms with Crippen molar-refractivity contribution in [3.63, 3.8) is 0 Å². The summed E-state index contributed by atoms with van der Waals surface area (Å²) in [6.07, 6.45) is 1.68. The monoisotopic (exact) mass is 568 g/mol. The van der Waals surface area contributed by atoms with Crippen LogP contribution in [0.15, 0.2) is 51.9 Å². The number of benzene rings is 2. The van der Waals surface area contributed by atoms with E-state index in [9.17, 15) is 17.6 Å². The molecule has 0 bridgehead atoms. The Kier molecular flexibility index (Phi) is 6.77. The number of aryl methyl sites for hydroxylation is 4. The third kappa shape index (κ3) is 5.17. The van der Waals surface area contributed by atoms with Gasteiger partial charge in [-0.25, -0.2) is 12.8 Å². The predicted octanol–water partition coefficient (Wildman–Crippen LogP) is 5.94. The zero-order valence-corrected chi connectivity index (χ0v) is 23.5. The normalized spacial score (nSPS) is 11.7. The molecule has 0 atom stereocenters. The summed E-state index contributed by atoms with van der Waals surface area (Å²) in [5, 5.41) is 4.28. The van der Waals surface area contributed by atoms with Crippen LogP contribution < -0.4 is 15.0 Å². The van der Waals surface area contributed by atoms with Crippen LogP contribution in [-0.4, -0.2) is 28.9 Å². The Hall–Kier alpha value is -4.03. The molecule has 0 aliphatic heterocycles. The molecule has 12 heteroatoms. The molecule has 5 rings (SSSR count). The molecule has 0 radical (unpaired) electrons. The fourth-order valence-corrected chi connectivity index (χ4v) is 5.98. The number of rotatable bonds is 7. The summed E-state index contributed by atoms with van der Waals surface area (Å²) in [5.74, 6) is 1.16. The van der Waals surface area contributed by atoms with Crippen molar-refractivity contribution in [2.24, 2.45) is 7.05 Å². The van der Waals surface area contributed by atoms with Gasteiger partial charge in [0, 0.05) is 30.1 Å². The molecule has 0 aliphatic carbocycles. The summed E-state index contributed by atoms with van der Waals surface area (Å²) >= 11 is 1.30. The van der Waals surface area contributed by atoms with Crippen molar-refractivity contribution in [2.45, 2.75) is 27.7 Å². The van der Waals surface area contributed by atoms with Gasteiger partial charge in [0.2, 0.25) is 10.0 Å². The summed E-state index contributed by atoms with van der Waals surface area (Å²) < 4.78 is 55.0. The molecule has 1 N–H and O–H groups in total. The van der Waals surface area contributed by atoms with Gasteiger partial charge in [-0.1, -0.05) is 5.16 Å². The highest BCUT2D eigenvalue weighted by molar-refractivity contribution is 7.92. The molecule has 202 valence electrons. The molecule has 2 aromatic carbocycles. The number of fused-ring (bicyclic) bond motifs is 1. The number of hydrogen-bond acceptors (Lipinski definition) is 8. The van der Waals surface area contributed by atoms with Crippen molar-refractivity contribution in [1.29, 1.82) is 0 Å². The first-order valence-electron chi connectivity index (χ1n) is 12.0. The van der Waals surface area contributed by atoms with Gasteiger partial charge in [-0.2, -0.15) is 4.98 Å². The zero-order valence-electron chi connectivity index (χ0n) is 21.8. The minimum Gasteiger partial charge on any atom is -0.456 e. The average molecular weight is 569 g/mol. The van der Waals surface area contributed by atoms with Crippen molar-refractivity contribution in [3.8, 4) is 33.4 Å². The Morgan fingerprint density at radius 1 is 1.10 bits per heavy atom. The molecular weight excluding hydrogens is 543 g/mol. The molecule has 0 unspecified atom stereocenters. The van der Waals surface area contributed by atoms with Gasteiger partial charge in [0.1, 0.15) is 17.3 Å². The van der Waals surface area contributed by atoms with Crippen LogP contribution in [0.2, 0.25) is 0 Å². The first kappa shape index (κ1) is 26.6. The number of sulfonamides is 1. The minimum absolute atomic E-state index is 0.101. The van der Waals surface area contributed by atoms with E-state index in [0.29, 0.717) is 66.1 Å². The topological polar surface area (TPSA) is 116 Å². The fraction of sp³-hybridized carbons (Fsp3) is 0.222. The van der Waals surface area contributed by atoms with E-state index >= 15 is 0 Å². The molecule has 0 saturated heterocycles. The van der Waals surface area contributed by atoms with Crippen LogP contribution in [0.5, 0.6) is 11.5 Å².